The first-order valence-corrected chi connectivity index (χ1v) is 6.24. The van der Waals surface area contributed by atoms with Crippen LogP contribution in [0.2, 0.25) is 0 Å². The molecule has 1 amide bonds. The van der Waals surface area contributed by atoms with Crippen molar-refractivity contribution in [2.75, 3.05) is 6.54 Å². The first kappa shape index (κ1) is 12.5. The summed E-state index contributed by atoms with van der Waals surface area (Å²) >= 11 is 0. The molecule has 0 unspecified atom stereocenters. The van der Waals surface area contributed by atoms with Gasteiger partial charge in [-0.25, -0.2) is 0 Å². The van der Waals surface area contributed by atoms with Gasteiger partial charge in [0.2, 0.25) is 5.91 Å². The van der Waals surface area contributed by atoms with Gasteiger partial charge in [0.25, 0.3) is 0 Å². The van der Waals surface area contributed by atoms with Crippen LogP contribution < -0.4 is 11.1 Å². The summed E-state index contributed by atoms with van der Waals surface area (Å²) in [7, 11) is 0. The smallest absolute Gasteiger partial charge is 0.220 e. The summed E-state index contributed by atoms with van der Waals surface area (Å²) in [5, 5.41) is 2.92. The standard InChI is InChI=1S/C12H24N2O/c1-2-9-14-12(15)8-5-10-3-6-11(13)7-4-10/h10-11H,2-9,13H2,1H3,(H,14,15). The van der Waals surface area contributed by atoms with Crippen molar-refractivity contribution in [2.24, 2.45) is 11.7 Å². The van der Waals surface area contributed by atoms with Crippen LogP contribution in [0.4, 0.5) is 0 Å². The average Bonchev–Trinajstić information content (AvgIpc) is 2.25. The molecule has 0 aromatic heterocycles. The Labute approximate surface area is 92.8 Å². The van der Waals surface area contributed by atoms with Crippen molar-refractivity contribution in [3.63, 3.8) is 0 Å². The lowest BCUT2D eigenvalue weighted by atomic mass is 9.84. The zero-order valence-corrected chi connectivity index (χ0v) is 9.80. The molecule has 15 heavy (non-hydrogen) atoms. The van der Waals surface area contributed by atoms with Crippen molar-refractivity contribution < 1.29 is 4.79 Å². The maximum atomic E-state index is 11.4. The van der Waals surface area contributed by atoms with E-state index in [2.05, 4.69) is 12.2 Å². The van der Waals surface area contributed by atoms with Gasteiger partial charge >= 0.3 is 0 Å². The molecule has 88 valence electrons. The molecule has 0 aliphatic heterocycles. The average molecular weight is 212 g/mol. The number of rotatable bonds is 5. The molecule has 0 heterocycles. The second-order valence-electron chi connectivity index (χ2n) is 4.67. The lowest BCUT2D eigenvalue weighted by Gasteiger charge is -2.25. The molecule has 0 saturated heterocycles. The number of carbonyl (C=O) groups is 1. The van der Waals surface area contributed by atoms with Crippen LogP contribution in [0.15, 0.2) is 0 Å². The second-order valence-corrected chi connectivity index (χ2v) is 4.67. The molecule has 0 radical (unpaired) electrons. The lowest BCUT2D eigenvalue weighted by Crippen LogP contribution is -2.28. The van der Waals surface area contributed by atoms with E-state index in [9.17, 15) is 4.79 Å². The molecule has 1 aliphatic rings. The van der Waals surface area contributed by atoms with E-state index in [1.807, 2.05) is 0 Å². The molecule has 1 aliphatic carbocycles. The van der Waals surface area contributed by atoms with E-state index in [1.54, 1.807) is 0 Å². The van der Waals surface area contributed by atoms with Crippen LogP contribution in [0.25, 0.3) is 0 Å². The first-order valence-electron chi connectivity index (χ1n) is 6.24. The molecule has 1 rings (SSSR count). The molecule has 0 atom stereocenters. The van der Waals surface area contributed by atoms with Crippen LogP contribution in [0.1, 0.15) is 51.9 Å². The van der Waals surface area contributed by atoms with Crippen LogP contribution in [0.5, 0.6) is 0 Å². The summed E-state index contributed by atoms with van der Waals surface area (Å²) in [5.41, 5.74) is 5.84. The summed E-state index contributed by atoms with van der Waals surface area (Å²) in [6, 6.07) is 0.412. The molecule has 1 saturated carbocycles. The molecule has 0 bridgehead atoms. The molecule has 3 heteroatoms. The van der Waals surface area contributed by atoms with Crippen LogP contribution in [-0.4, -0.2) is 18.5 Å². The van der Waals surface area contributed by atoms with Crippen molar-refractivity contribution in [1.29, 1.82) is 0 Å². The third kappa shape index (κ3) is 5.17. The fourth-order valence-electron chi connectivity index (χ4n) is 2.16. The Morgan fingerprint density at radius 2 is 2.00 bits per heavy atom. The number of hydrogen-bond acceptors (Lipinski definition) is 2. The zero-order chi connectivity index (χ0) is 11.1. The zero-order valence-electron chi connectivity index (χ0n) is 9.80. The second kappa shape index (κ2) is 6.83. The minimum atomic E-state index is 0.215. The van der Waals surface area contributed by atoms with E-state index in [1.165, 1.54) is 12.8 Å². The van der Waals surface area contributed by atoms with Crippen molar-refractivity contribution in [3.8, 4) is 0 Å². The molecule has 3 nitrogen and oxygen atoms in total. The predicted molar refractivity (Wildman–Crippen MR) is 62.5 cm³/mol. The highest BCUT2D eigenvalue weighted by Crippen LogP contribution is 2.26. The molecule has 3 N–H and O–H groups in total. The third-order valence-electron chi connectivity index (χ3n) is 3.24. The van der Waals surface area contributed by atoms with Crippen molar-refractivity contribution >= 4 is 5.91 Å². The lowest BCUT2D eigenvalue weighted by molar-refractivity contribution is -0.121. The monoisotopic (exact) mass is 212 g/mol. The summed E-state index contributed by atoms with van der Waals surface area (Å²) in [6.07, 6.45) is 7.46. The Balaban J connectivity index is 2.06. The van der Waals surface area contributed by atoms with Gasteiger partial charge in [0.05, 0.1) is 0 Å². The number of nitrogens with one attached hydrogen (secondary N) is 1. The summed E-state index contributed by atoms with van der Waals surface area (Å²) in [5.74, 6) is 0.948. The maximum Gasteiger partial charge on any atom is 0.220 e. The highest BCUT2D eigenvalue weighted by molar-refractivity contribution is 5.75. The fourth-order valence-corrected chi connectivity index (χ4v) is 2.16. The fraction of sp³-hybridized carbons (Fsp3) is 0.917. The normalized spacial score (nSPS) is 26.3. The first-order chi connectivity index (χ1) is 7.22. The van der Waals surface area contributed by atoms with Gasteiger partial charge in [-0.1, -0.05) is 6.92 Å². The van der Waals surface area contributed by atoms with E-state index in [4.69, 9.17) is 5.73 Å². The van der Waals surface area contributed by atoms with E-state index >= 15 is 0 Å². The molecule has 0 spiro atoms. The minimum absolute atomic E-state index is 0.215. The van der Waals surface area contributed by atoms with Gasteiger partial charge in [-0.15, -0.1) is 0 Å². The van der Waals surface area contributed by atoms with Crippen LogP contribution in [0.3, 0.4) is 0 Å². The van der Waals surface area contributed by atoms with Crippen molar-refractivity contribution in [1.82, 2.24) is 5.32 Å². The predicted octanol–water partition coefficient (Wildman–Crippen LogP) is 1.81. The van der Waals surface area contributed by atoms with Gasteiger partial charge in [-0.05, 0) is 44.4 Å². The Bertz CT molecular complexity index is 186. The van der Waals surface area contributed by atoms with Gasteiger partial charge in [0.1, 0.15) is 0 Å². The van der Waals surface area contributed by atoms with Gasteiger partial charge in [0, 0.05) is 19.0 Å². The van der Waals surface area contributed by atoms with E-state index in [0.717, 1.165) is 38.1 Å². The molecule has 0 aromatic carbocycles. The van der Waals surface area contributed by atoms with Gasteiger partial charge in [-0.2, -0.15) is 0 Å². The van der Waals surface area contributed by atoms with Crippen molar-refractivity contribution in [2.45, 2.75) is 57.9 Å². The molecule has 0 aromatic rings. The Kier molecular flexibility index (Phi) is 5.69. The van der Waals surface area contributed by atoms with Gasteiger partial charge in [-0.3, -0.25) is 4.79 Å². The van der Waals surface area contributed by atoms with Crippen molar-refractivity contribution in [3.05, 3.63) is 0 Å². The quantitative estimate of drug-likeness (QED) is 0.730. The molecular formula is C12H24N2O. The van der Waals surface area contributed by atoms with Crippen LogP contribution >= 0.6 is 0 Å². The van der Waals surface area contributed by atoms with Crippen LogP contribution in [0, 0.1) is 5.92 Å². The Hall–Kier alpha value is -0.570. The SMILES string of the molecule is CCCNC(=O)CCC1CCC(N)CC1. The highest BCUT2D eigenvalue weighted by Gasteiger charge is 2.18. The van der Waals surface area contributed by atoms with E-state index < -0.39 is 0 Å². The molecular weight excluding hydrogens is 188 g/mol. The Morgan fingerprint density at radius 1 is 1.33 bits per heavy atom. The number of carbonyl (C=O) groups excluding carboxylic acids is 1. The number of nitrogens with two attached hydrogens (primary N) is 1. The maximum absolute atomic E-state index is 11.4. The van der Waals surface area contributed by atoms with E-state index in [-0.39, 0.29) is 5.91 Å². The molecule has 1 fully saturated rings. The van der Waals surface area contributed by atoms with Crippen LogP contribution in [-0.2, 0) is 4.79 Å². The summed E-state index contributed by atoms with van der Waals surface area (Å²) in [6.45, 7) is 2.89. The number of amides is 1. The third-order valence-corrected chi connectivity index (χ3v) is 3.24. The highest BCUT2D eigenvalue weighted by atomic mass is 16.1. The minimum Gasteiger partial charge on any atom is -0.356 e. The Morgan fingerprint density at radius 3 is 2.60 bits per heavy atom. The number of hydrogen-bond donors (Lipinski definition) is 2. The topological polar surface area (TPSA) is 55.1 Å². The van der Waals surface area contributed by atoms with E-state index in [0.29, 0.717) is 12.5 Å². The van der Waals surface area contributed by atoms with Gasteiger partial charge < -0.3 is 11.1 Å². The summed E-state index contributed by atoms with van der Waals surface area (Å²) in [4.78, 5) is 11.4. The van der Waals surface area contributed by atoms with Gasteiger partial charge in [0.15, 0.2) is 0 Å². The summed E-state index contributed by atoms with van der Waals surface area (Å²) < 4.78 is 0. The largest absolute Gasteiger partial charge is 0.356 e.